The van der Waals surface area contributed by atoms with Gasteiger partial charge in [-0.3, -0.25) is 19.2 Å². The van der Waals surface area contributed by atoms with Crippen LogP contribution in [-0.4, -0.2) is 126 Å². The summed E-state index contributed by atoms with van der Waals surface area (Å²) in [5, 5.41) is 11.4. The van der Waals surface area contributed by atoms with Gasteiger partial charge in [-0.2, -0.15) is 13.2 Å². The Morgan fingerprint density at radius 2 is 1.74 bits per heavy atom. The number of hydrogen-bond acceptors (Lipinski definition) is 11. The number of aliphatic hydroxyl groups is 1. The zero-order valence-electron chi connectivity index (χ0n) is 30.9. The average Bonchev–Trinajstić information content (AvgIpc) is 3.33. The van der Waals surface area contributed by atoms with E-state index in [1.807, 2.05) is 25.9 Å². The summed E-state index contributed by atoms with van der Waals surface area (Å²) < 4.78 is 73.4. The molecule has 0 aromatic rings. The van der Waals surface area contributed by atoms with Gasteiger partial charge in [0.2, 0.25) is 0 Å². The van der Waals surface area contributed by atoms with Crippen molar-refractivity contribution in [3.05, 3.63) is 0 Å². The van der Waals surface area contributed by atoms with E-state index in [1.165, 1.54) is 20.8 Å². The maximum Gasteiger partial charge on any atom is 0.471 e. The number of aliphatic hydroxyl groups excluding tert-OH is 1. The van der Waals surface area contributed by atoms with Crippen LogP contribution in [0.4, 0.5) is 13.2 Å². The Morgan fingerprint density at radius 3 is 2.32 bits per heavy atom. The van der Waals surface area contributed by atoms with Crippen LogP contribution in [0.3, 0.4) is 0 Å². The van der Waals surface area contributed by atoms with E-state index in [2.05, 4.69) is 0 Å². The molecule has 0 spiro atoms. The maximum absolute atomic E-state index is 14.6. The molecule has 0 radical (unpaired) electrons. The van der Waals surface area contributed by atoms with Crippen molar-refractivity contribution in [3.8, 4) is 0 Å². The van der Waals surface area contributed by atoms with E-state index in [1.54, 1.807) is 27.7 Å². The number of alkyl halides is 3. The first-order valence-corrected chi connectivity index (χ1v) is 17.6. The minimum absolute atomic E-state index is 0.0230. The highest BCUT2D eigenvalue weighted by Crippen LogP contribution is 2.46. The fraction of sp³-hybridized carbons (Fsp3) is 0.886. The van der Waals surface area contributed by atoms with Crippen LogP contribution >= 0.6 is 0 Å². The Balaban J connectivity index is 1.87. The van der Waals surface area contributed by atoms with E-state index < -0.39 is 94.8 Å². The number of amides is 1. The largest absolute Gasteiger partial charge is 0.471 e. The summed E-state index contributed by atoms with van der Waals surface area (Å²) in [5.74, 6) is -6.86. The highest BCUT2D eigenvalue weighted by atomic mass is 19.4. The number of hydrogen-bond donors (Lipinski definition) is 1. The SMILES string of the molecule is CC[C@H]1OC(=O)[C@@]2(C)CCO[C@@](C)(C[C@@H](C)CN(C(=O)C(F)(F)F)[C@H](C)[C@H]3CC(=O)O[C@@]31C)[C@H](O[C@@H]1OC(C)CC(N(C)C)C1O)[C@@H](C)C2=O. The third-order valence-electron chi connectivity index (χ3n) is 11.6. The molecule has 2 bridgehead atoms. The van der Waals surface area contributed by atoms with Crippen molar-refractivity contribution in [2.75, 3.05) is 27.2 Å². The van der Waals surface area contributed by atoms with Gasteiger partial charge in [0.25, 0.3) is 0 Å². The molecule has 0 aromatic carbocycles. The first kappa shape index (κ1) is 40.4. The van der Waals surface area contributed by atoms with E-state index in [9.17, 15) is 37.5 Å². The molecule has 1 amide bonds. The van der Waals surface area contributed by atoms with Crippen molar-refractivity contribution in [2.24, 2.45) is 23.2 Å². The van der Waals surface area contributed by atoms with Crippen LogP contribution in [0.2, 0.25) is 0 Å². The molecule has 3 unspecified atom stereocenters. The Kier molecular flexibility index (Phi) is 11.8. The molecule has 5 fully saturated rings. The predicted octanol–water partition coefficient (Wildman–Crippen LogP) is 3.65. The average molecular weight is 721 g/mol. The summed E-state index contributed by atoms with van der Waals surface area (Å²) in [7, 11) is 3.63. The number of esters is 2. The summed E-state index contributed by atoms with van der Waals surface area (Å²) in [6, 6.07) is -1.52. The van der Waals surface area contributed by atoms with Gasteiger partial charge in [0.1, 0.15) is 17.6 Å². The molecule has 0 aliphatic carbocycles. The summed E-state index contributed by atoms with van der Waals surface area (Å²) in [5.41, 5.74) is -4.71. The third-order valence-corrected chi connectivity index (χ3v) is 11.6. The Bertz CT molecular complexity index is 1300. The lowest BCUT2D eigenvalue weighted by Gasteiger charge is -2.49. The molecule has 13 atom stereocenters. The first-order valence-electron chi connectivity index (χ1n) is 17.6. The van der Waals surface area contributed by atoms with Gasteiger partial charge in [0.05, 0.1) is 24.2 Å². The number of fused-ring (bicyclic) bond motifs is 10. The van der Waals surface area contributed by atoms with Gasteiger partial charge in [-0.15, -0.1) is 0 Å². The van der Waals surface area contributed by atoms with Gasteiger partial charge < -0.3 is 38.6 Å². The number of ketones is 1. The number of ether oxygens (including phenoxy) is 5. The van der Waals surface area contributed by atoms with Crippen LogP contribution in [0, 0.1) is 23.2 Å². The lowest BCUT2D eigenvalue weighted by atomic mass is 9.70. The molecule has 12 nitrogen and oxygen atoms in total. The number of carbonyl (C=O) groups is 4. The third kappa shape index (κ3) is 7.58. The zero-order valence-corrected chi connectivity index (χ0v) is 30.9. The number of halogens is 3. The summed E-state index contributed by atoms with van der Waals surface area (Å²) >= 11 is 0. The van der Waals surface area contributed by atoms with Gasteiger partial charge in [-0.25, -0.2) is 0 Å². The smallest absolute Gasteiger partial charge is 0.457 e. The van der Waals surface area contributed by atoms with E-state index in [-0.39, 0.29) is 51.0 Å². The monoisotopic (exact) mass is 720 g/mol. The Morgan fingerprint density at radius 1 is 1.10 bits per heavy atom. The topological polar surface area (TPSA) is 141 Å². The van der Waals surface area contributed by atoms with Crippen molar-refractivity contribution in [1.29, 1.82) is 0 Å². The maximum atomic E-state index is 14.6. The standard InChI is InChI=1S/C35H55F3N2O10/c1-11-24-34(8)22(15-25(41)50-34)21(5)40(30(44)35(36,37)38)17-18(2)16-33(7)28(49-29-26(42)23(39(9)10)14-19(3)47-29)20(4)27(43)32(6,12-13-46-33)31(45)48-24/h18-24,26,28-29,42H,11-17H2,1-10H3/t18-,19?,20+,21-,22-,23?,24-,26?,28-,29+,32+,33+,34+/m1/s1. The molecule has 286 valence electrons. The molecule has 5 aliphatic rings. The van der Waals surface area contributed by atoms with Crippen molar-refractivity contribution in [1.82, 2.24) is 9.80 Å². The van der Waals surface area contributed by atoms with Gasteiger partial charge >= 0.3 is 24.0 Å². The normalized spacial score (nSPS) is 43.8. The first-order chi connectivity index (χ1) is 23.0. The van der Waals surface area contributed by atoms with Crippen LogP contribution in [0.1, 0.15) is 87.5 Å². The number of Topliss-reactive ketones (excluding diaryl/α,β-unsaturated/α-hetero) is 1. The number of carbonyl (C=O) groups excluding carboxylic acids is 4. The molecule has 1 N–H and O–H groups in total. The minimum Gasteiger partial charge on any atom is -0.457 e. The Labute approximate surface area is 292 Å². The summed E-state index contributed by atoms with van der Waals surface area (Å²) in [6.07, 6.45) is -9.92. The highest BCUT2D eigenvalue weighted by Gasteiger charge is 2.60. The molecule has 5 aliphatic heterocycles. The van der Waals surface area contributed by atoms with Crippen LogP contribution < -0.4 is 0 Å². The number of likely N-dealkylation sites (N-methyl/N-ethyl adjacent to an activating group) is 1. The lowest BCUT2D eigenvalue weighted by molar-refractivity contribution is -0.300. The second-order valence-electron chi connectivity index (χ2n) is 15.8. The van der Waals surface area contributed by atoms with Gasteiger partial charge in [-0.1, -0.05) is 20.8 Å². The fourth-order valence-electron chi connectivity index (χ4n) is 8.77. The summed E-state index contributed by atoms with van der Waals surface area (Å²) in [4.78, 5) is 57.2. The van der Waals surface area contributed by atoms with E-state index >= 15 is 0 Å². The predicted molar refractivity (Wildman–Crippen MR) is 172 cm³/mol. The minimum atomic E-state index is -5.22. The zero-order chi connectivity index (χ0) is 37.7. The van der Waals surface area contributed by atoms with Crippen LogP contribution in [0.25, 0.3) is 0 Å². The van der Waals surface area contributed by atoms with E-state index in [0.717, 1.165) is 4.90 Å². The molecule has 5 saturated heterocycles. The highest BCUT2D eigenvalue weighted by molar-refractivity contribution is 6.04. The molecule has 50 heavy (non-hydrogen) atoms. The van der Waals surface area contributed by atoms with Crippen LogP contribution in [-0.2, 0) is 42.9 Å². The van der Waals surface area contributed by atoms with Crippen molar-refractivity contribution in [3.63, 3.8) is 0 Å². The number of rotatable bonds is 4. The quantitative estimate of drug-likeness (QED) is 0.336. The Hall–Kier alpha value is -2.33. The van der Waals surface area contributed by atoms with Gasteiger partial charge in [0, 0.05) is 37.1 Å². The molecule has 15 heteroatoms. The van der Waals surface area contributed by atoms with Crippen molar-refractivity contribution in [2.45, 2.75) is 148 Å². The van der Waals surface area contributed by atoms with Crippen LogP contribution in [0.15, 0.2) is 0 Å². The molecule has 5 rings (SSSR count). The molecule has 0 aromatic heterocycles. The number of nitrogens with zero attached hydrogens (tertiary/aromatic N) is 2. The summed E-state index contributed by atoms with van der Waals surface area (Å²) in [6.45, 7) is 12.4. The van der Waals surface area contributed by atoms with Crippen molar-refractivity contribution >= 4 is 23.6 Å². The van der Waals surface area contributed by atoms with Gasteiger partial charge in [-0.05, 0) is 80.3 Å². The van der Waals surface area contributed by atoms with E-state index in [4.69, 9.17) is 23.7 Å². The fourth-order valence-corrected chi connectivity index (χ4v) is 8.77. The van der Waals surface area contributed by atoms with Crippen molar-refractivity contribution < 1.29 is 61.1 Å². The molecular formula is C35H55F3N2O10. The van der Waals surface area contributed by atoms with Crippen LogP contribution in [0.5, 0.6) is 0 Å². The molecule has 0 saturated carbocycles. The van der Waals surface area contributed by atoms with Gasteiger partial charge in [0.15, 0.2) is 17.7 Å². The molecule has 5 heterocycles. The van der Waals surface area contributed by atoms with E-state index in [0.29, 0.717) is 6.42 Å². The molecular weight excluding hydrogens is 665 g/mol. The lowest BCUT2D eigenvalue weighted by Crippen LogP contribution is -2.61. The second-order valence-corrected chi connectivity index (χ2v) is 15.8. The second kappa shape index (κ2) is 14.6.